The molecule has 0 radical (unpaired) electrons. The Bertz CT molecular complexity index is 1150. The second-order valence-electron chi connectivity index (χ2n) is 8.10. The van der Waals surface area contributed by atoms with Crippen molar-refractivity contribution in [3.8, 4) is 23.1 Å². The van der Waals surface area contributed by atoms with E-state index in [0.29, 0.717) is 65.3 Å². The van der Waals surface area contributed by atoms with E-state index < -0.39 is 0 Å². The smallest absolute Gasteiger partial charge is 0.254 e. The number of nitrogens with zero attached hydrogens (tertiary/aromatic N) is 2. The molecular weight excluding hydrogens is 470 g/mol. The largest absolute Gasteiger partial charge is 0.497 e. The molecule has 35 heavy (non-hydrogen) atoms. The van der Waals surface area contributed by atoms with Gasteiger partial charge in [0.15, 0.2) is 0 Å². The number of aromatic nitrogens is 1. The van der Waals surface area contributed by atoms with Crippen molar-refractivity contribution in [3.63, 3.8) is 0 Å². The molecule has 1 N–H and O–H groups in total. The second-order valence-corrected chi connectivity index (χ2v) is 8.53. The first-order valence-electron chi connectivity index (χ1n) is 11.2. The monoisotopic (exact) mass is 495 g/mol. The first-order valence-corrected chi connectivity index (χ1v) is 11.6. The third-order valence-corrected chi connectivity index (χ3v) is 6.04. The van der Waals surface area contributed by atoms with Crippen molar-refractivity contribution in [2.75, 3.05) is 32.6 Å². The number of amides is 2. The Balaban J connectivity index is 1.30. The van der Waals surface area contributed by atoms with E-state index in [2.05, 4.69) is 10.3 Å². The van der Waals surface area contributed by atoms with E-state index in [9.17, 15) is 9.59 Å². The van der Waals surface area contributed by atoms with Crippen LogP contribution in [0.4, 0.5) is 5.69 Å². The quantitative estimate of drug-likeness (QED) is 0.494. The summed E-state index contributed by atoms with van der Waals surface area (Å²) in [5.74, 6) is 1.75. The Hall–Kier alpha value is -3.78. The fourth-order valence-electron chi connectivity index (χ4n) is 3.84. The minimum atomic E-state index is -0.191. The standard InChI is InChI=1S/C26H26ClN3O5/c1-33-22-13-18(14-23(15-22)34-2)26(32)30-11-9-17(10-12-30)25(31)29-20-5-8-24(28-16-20)35-21-6-3-19(27)4-7-21/h3-8,13-17H,9-12H2,1-2H3,(H,29,31). The van der Waals surface area contributed by atoms with Crippen molar-refractivity contribution < 1.29 is 23.8 Å². The second kappa shape index (κ2) is 11.1. The number of halogens is 1. The molecule has 0 aliphatic carbocycles. The minimum absolute atomic E-state index is 0.0895. The number of pyridine rings is 1. The zero-order valence-electron chi connectivity index (χ0n) is 19.5. The van der Waals surface area contributed by atoms with Crippen LogP contribution < -0.4 is 19.5 Å². The lowest BCUT2D eigenvalue weighted by Crippen LogP contribution is -2.41. The van der Waals surface area contributed by atoms with Crippen molar-refractivity contribution in [2.24, 2.45) is 5.92 Å². The summed E-state index contributed by atoms with van der Waals surface area (Å²) in [7, 11) is 3.09. The average molecular weight is 496 g/mol. The van der Waals surface area contributed by atoms with E-state index in [0.717, 1.165) is 0 Å². The molecule has 1 aliphatic heterocycles. The molecule has 9 heteroatoms. The summed E-state index contributed by atoms with van der Waals surface area (Å²) in [6, 6.07) is 15.5. The minimum Gasteiger partial charge on any atom is -0.497 e. The van der Waals surface area contributed by atoms with Gasteiger partial charge in [0.2, 0.25) is 11.8 Å². The predicted octanol–water partition coefficient (Wildman–Crippen LogP) is 5.04. The summed E-state index contributed by atoms with van der Waals surface area (Å²) < 4.78 is 16.2. The van der Waals surface area contributed by atoms with Crippen molar-refractivity contribution >= 4 is 29.1 Å². The molecule has 1 aliphatic rings. The number of methoxy groups -OCH3 is 2. The van der Waals surface area contributed by atoms with Gasteiger partial charge in [0, 0.05) is 41.7 Å². The lowest BCUT2D eigenvalue weighted by Gasteiger charge is -2.31. The van der Waals surface area contributed by atoms with Gasteiger partial charge in [-0.25, -0.2) is 4.98 Å². The van der Waals surface area contributed by atoms with Gasteiger partial charge in [-0.15, -0.1) is 0 Å². The molecule has 8 nitrogen and oxygen atoms in total. The molecule has 3 aromatic rings. The molecule has 2 aromatic carbocycles. The molecule has 0 spiro atoms. The molecular formula is C26H26ClN3O5. The number of nitrogens with one attached hydrogen (secondary N) is 1. The number of hydrogen-bond acceptors (Lipinski definition) is 6. The Kier molecular flexibility index (Phi) is 7.72. The number of carbonyl (C=O) groups is 2. The Morgan fingerprint density at radius 2 is 1.60 bits per heavy atom. The maximum Gasteiger partial charge on any atom is 0.254 e. The molecule has 0 bridgehead atoms. The fourth-order valence-corrected chi connectivity index (χ4v) is 3.97. The van der Waals surface area contributed by atoms with E-state index in [1.54, 1.807) is 79.9 Å². The molecule has 2 heterocycles. The molecule has 0 saturated carbocycles. The first kappa shape index (κ1) is 24.3. The van der Waals surface area contributed by atoms with Crippen LogP contribution in [0, 0.1) is 5.92 Å². The van der Waals surface area contributed by atoms with Gasteiger partial charge in [0.25, 0.3) is 5.91 Å². The van der Waals surface area contributed by atoms with Gasteiger partial charge in [-0.2, -0.15) is 0 Å². The molecule has 4 rings (SSSR count). The van der Waals surface area contributed by atoms with Crippen LogP contribution >= 0.6 is 11.6 Å². The maximum absolute atomic E-state index is 13.0. The molecule has 0 atom stereocenters. The van der Waals surface area contributed by atoms with Crippen LogP contribution in [0.2, 0.25) is 5.02 Å². The van der Waals surface area contributed by atoms with E-state index >= 15 is 0 Å². The molecule has 2 amide bonds. The SMILES string of the molecule is COc1cc(OC)cc(C(=O)N2CCC(C(=O)Nc3ccc(Oc4ccc(Cl)cc4)nc3)CC2)c1. The number of hydrogen-bond donors (Lipinski definition) is 1. The predicted molar refractivity (Wildman–Crippen MR) is 133 cm³/mol. The number of rotatable bonds is 7. The third-order valence-electron chi connectivity index (χ3n) is 5.79. The highest BCUT2D eigenvalue weighted by Gasteiger charge is 2.28. The lowest BCUT2D eigenvalue weighted by molar-refractivity contribution is -0.121. The zero-order chi connectivity index (χ0) is 24.8. The first-order chi connectivity index (χ1) is 16.9. The summed E-state index contributed by atoms with van der Waals surface area (Å²) in [6.45, 7) is 0.977. The molecule has 0 unspecified atom stereocenters. The summed E-state index contributed by atoms with van der Waals surface area (Å²) in [5, 5.41) is 3.53. The molecule has 1 fully saturated rings. The van der Waals surface area contributed by atoms with Crippen LogP contribution in [0.25, 0.3) is 0 Å². The van der Waals surface area contributed by atoms with E-state index in [-0.39, 0.29) is 17.7 Å². The van der Waals surface area contributed by atoms with Gasteiger partial charge in [-0.05, 0) is 55.3 Å². The summed E-state index contributed by atoms with van der Waals surface area (Å²) in [4.78, 5) is 31.7. The van der Waals surface area contributed by atoms with Crippen LogP contribution in [0.3, 0.4) is 0 Å². The van der Waals surface area contributed by atoms with Crippen molar-refractivity contribution in [3.05, 3.63) is 71.4 Å². The maximum atomic E-state index is 13.0. The normalized spacial score (nSPS) is 13.7. The van der Waals surface area contributed by atoms with Crippen LogP contribution in [-0.4, -0.2) is 49.0 Å². The molecule has 1 aromatic heterocycles. The van der Waals surface area contributed by atoms with Gasteiger partial charge in [-0.3, -0.25) is 9.59 Å². The highest BCUT2D eigenvalue weighted by molar-refractivity contribution is 6.30. The summed E-state index contributed by atoms with van der Waals surface area (Å²) in [5.41, 5.74) is 1.08. The van der Waals surface area contributed by atoms with Crippen LogP contribution in [0.5, 0.6) is 23.1 Å². The van der Waals surface area contributed by atoms with Crippen LogP contribution in [0.1, 0.15) is 23.2 Å². The average Bonchev–Trinajstić information content (AvgIpc) is 2.90. The Labute approximate surface area is 208 Å². The van der Waals surface area contributed by atoms with Crippen molar-refractivity contribution in [2.45, 2.75) is 12.8 Å². The van der Waals surface area contributed by atoms with Gasteiger partial charge in [0.1, 0.15) is 17.2 Å². The van der Waals surface area contributed by atoms with Crippen LogP contribution in [-0.2, 0) is 4.79 Å². The summed E-state index contributed by atoms with van der Waals surface area (Å²) >= 11 is 5.88. The number of ether oxygens (including phenoxy) is 3. The topological polar surface area (TPSA) is 90.0 Å². The zero-order valence-corrected chi connectivity index (χ0v) is 20.2. The Morgan fingerprint density at radius 3 is 2.17 bits per heavy atom. The van der Waals surface area contributed by atoms with Crippen molar-refractivity contribution in [1.29, 1.82) is 0 Å². The number of anilines is 1. The highest BCUT2D eigenvalue weighted by atomic mass is 35.5. The molecule has 182 valence electrons. The number of benzene rings is 2. The number of piperidine rings is 1. The van der Waals surface area contributed by atoms with E-state index in [4.69, 9.17) is 25.8 Å². The lowest BCUT2D eigenvalue weighted by atomic mass is 9.95. The van der Waals surface area contributed by atoms with Crippen LogP contribution in [0.15, 0.2) is 60.8 Å². The van der Waals surface area contributed by atoms with Crippen molar-refractivity contribution in [1.82, 2.24) is 9.88 Å². The highest BCUT2D eigenvalue weighted by Crippen LogP contribution is 2.27. The van der Waals surface area contributed by atoms with Gasteiger partial charge in [-0.1, -0.05) is 11.6 Å². The van der Waals surface area contributed by atoms with Gasteiger partial charge in [0.05, 0.1) is 26.1 Å². The number of carbonyl (C=O) groups excluding carboxylic acids is 2. The van der Waals surface area contributed by atoms with Gasteiger partial charge < -0.3 is 24.4 Å². The van der Waals surface area contributed by atoms with E-state index in [1.807, 2.05) is 0 Å². The third kappa shape index (κ3) is 6.22. The molecule has 1 saturated heterocycles. The van der Waals surface area contributed by atoms with E-state index in [1.165, 1.54) is 0 Å². The number of likely N-dealkylation sites (tertiary alicyclic amines) is 1. The van der Waals surface area contributed by atoms with Gasteiger partial charge >= 0.3 is 0 Å². The Morgan fingerprint density at radius 1 is 0.943 bits per heavy atom. The fraction of sp³-hybridized carbons (Fsp3) is 0.269. The summed E-state index contributed by atoms with van der Waals surface area (Å²) in [6.07, 6.45) is 2.70.